The van der Waals surface area contributed by atoms with Gasteiger partial charge >= 0.3 is 0 Å². The van der Waals surface area contributed by atoms with Crippen LogP contribution < -0.4 is 0 Å². The standard InChI is InChI=1S/C8H13NO/c1-9-7-5-3-2-4-6-8(9)10/h2-3H,4-7H2,1H3. The number of allylic oxidation sites excluding steroid dienone is 1. The van der Waals surface area contributed by atoms with Gasteiger partial charge in [0, 0.05) is 20.0 Å². The molecule has 0 saturated carbocycles. The lowest BCUT2D eigenvalue weighted by molar-refractivity contribution is -0.129. The van der Waals surface area contributed by atoms with Crippen LogP contribution in [-0.2, 0) is 4.79 Å². The smallest absolute Gasteiger partial charge is 0.222 e. The van der Waals surface area contributed by atoms with Crippen molar-refractivity contribution in [1.29, 1.82) is 0 Å². The van der Waals surface area contributed by atoms with Gasteiger partial charge in [-0.3, -0.25) is 4.79 Å². The van der Waals surface area contributed by atoms with Crippen molar-refractivity contribution in [2.75, 3.05) is 13.6 Å². The van der Waals surface area contributed by atoms with E-state index in [1.807, 2.05) is 7.05 Å². The molecule has 0 bridgehead atoms. The number of hydrogen-bond acceptors (Lipinski definition) is 1. The van der Waals surface area contributed by atoms with Gasteiger partial charge in [-0.15, -0.1) is 0 Å². The molecule has 0 aliphatic carbocycles. The predicted octanol–water partition coefficient (Wildman–Crippen LogP) is 1.18. The molecule has 10 heavy (non-hydrogen) atoms. The van der Waals surface area contributed by atoms with Crippen molar-refractivity contribution in [3.8, 4) is 0 Å². The Morgan fingerprint density at radius 1 is 1.40 bits per heavy atom. The first-order valence-corrected chi connectivity index (χ1v) is 3.69. The molecule has 0 fully saturated rings. The van der Waals surface area contributed by atoms with Crippen LogP contribution >= 0.6 is 0 Å². The second-order valence-corrected chi connectivity index (χ2v) is 2.61. The topological polar surface area (TPSA) is 20.3 Å². The van der Waals surface area contributed by atoms with Crippen molar-refractivity contribution in [2.24, 2.45) is 0 Å². The molecule has 0 atom stereocenters. The first-order chi connectivity index (χ1) is 4.80. The molecule has 1 aliphatic rings. The fourth-order valence-electron chi connectivity index (χ4n) is 1.03. The Labute approximate surface area is 61.5 Å². The fourth-order valence-corrected chi connectivity index (χ4v) is 1.03. The Morgan fingerprint density at radius 2 is 2.10 bits per heavy atom. The van der Waals surface area contributed by atoms with E-state index in [1.165, 1.54) is 0 Å². The van der Waals surface area contributed by atoms with Crippen LogP contribution in [0.25, 0.3) is 0 Å². The summed E-state index contributed by atoms with van der Waals surface area (Å²) >= 11 is 0. The lowest BCUT2D eigenvalue weighted by Crippen LogP contribution is -2.27. The van der Waals surface area contributed by atoms with Crippen LogP contribution in [0.1, 0.15) is 19.3 Å². The summed E-state index contributed by atoms with van der Waals surface area (Å²) in [5.41, 5.74) is 0. The highest BCUT2D eigenvalue weighted by molar-refractivity contribution is 5.76. The summed E-state index contributed by atoms with van der Waals surface area (Å²) in [6.45, 7) is 0.870. The van der Waals surface area contributed by atoms with E-state index in [0.717, 1.165) is 19.4 Å². The Balaban J connectivity index is 2.48. The molecule has 0 aromatic carbocycles. The third kappa shape index (κ3) is 1.87. The highest BCUT2D eigenvalue weighted by Crippen LogP contribution is 2.02. The molecule has 0 unspecified atom stereocenters. The molecule has 1 heterocycles. The highest BCUT2D eigenvalue weighted by atomic mass is 16.2. The number of carbonyl (C=O) groups is 1. The maximum Gasteiger partial charge on any atom is 0.222 e. The summed E-state index contributed by atoms with van der Waals surface area (Å²) in [6, 6.07) is 0. The van der Waals surface area contributed by atoms with Crippen LogP contribution in [0.2, 0.25) is 0 Å². The number of carbonyl (C=O) groups excluding carboxylic acids is 1. The monoisotopic (exact) mass is 139 g/mol. The maximum absolute atomic E-state index is 11.1. The zero-order valence-corrected chi connectivity index (χ0v) is 6.34. The van der Waals surface area contributed by atoms with Gasteiger partial charge in [0.15, 0.2) is 0 Å². The van der Waals surface area contributed by atoms with E-state index in [9.17, 15) is 4.79 Å². The molecular formula is C8H13NO. The average Bonchev–Trinajstić information content (AvgIpc) is 1.92. The highest BCUT2D eigenvalue weighted by Gasteiger charge is 2.07. The number of amides is 1. The molecule has 2 heteroatoms. The van der Waals surface area contributed by atoms with E-state index in [4.69, 9.17) is 0 Å². The zero-order valence-electron chi connectivity index (χ0n) is 6.34. The van der Waals surface area contributed by atoms with Gasteiger partial charge in [-0.25, -0.2) is 0 Å². The van der Waals surface area contributed by atoms with Gasteiger partial charge in [0.2, 0.25) is 5.91 Å². The van der Waals surface area contributed by atoms with Crippen LogP contribution in [0.15, 0.2) is 12.2 Å². The SMILES string of the molecule is CN1CCC=CCCC1=O. The Morgan fingerprint density at radius 3 is 2.90 bits per heavy atom. The van der Waals surface area contributed by atoms with Crippen LogP contribution in [0.5, 0.6) is 0 Å². The zero-order chi connectivity index (χ0) is 7.40. The first kappa shape index (κ1) is 7.32. The van der Waals surface area contributed by atoms with Crippen LogP contribution in [0.4, 0.5) is 0 Å². The maximum atomic E-state index is 11.1. The fraction of sp³-hybridized carbons (Fsp3) is 0.625. The number of rotatable bonds is 0. The molecule has 0 radical (unpaired) electrons. The molecule has 0 aromatic rings. The minimum Gasteiger partial charge on any atom is -0.345 e. The van der Waals surface area contributed by atoms with Crippen molar-refractivity contribution >= 4 is 5.91 Å². The minimum absolute atomic E-state index is 0.268. The molecule has 1 rings (SSSR count). The van der Waals surface area contributed by atoms with Crippen molar-refractivity contribution in [3.63, 3.8) is 0 Å². The molecule has 0 spiro atoms. The molecule has 0 aromatic heterocycles. The predicted molar refractivity (Wildman–Crippen MR) is 40.6 cm³/mol. The quantitative estimate of drug-likeness (QED) is 0.461. The van der Waals surface area contributed by atoms with Crippen LogP contribution in [0, 0.1) is 0 Å². The molecular weight excluding hydrogens is 126 g/mol. The third-order valence-electron chi connectivity index (χ3n) is 1.75. The second-order valence-electron chi connectivity index (χ2n) is 2.61. The minimum atomic E-state index is 0.268. The van der Waals surface area contributed by atoms with E-state index >= 15 is 0 Å². The van der Waals surface area contributed by atoms with Crippen LogP contribution in [-0.4, -0.2) is 24.4 Å². The van der Waals surface area contributed by atoms with Gasteiger partial charge in [-0.2, -0.15) is 0 Å². The lowest BCUT2D eigenvalue weighted by Gasteiger charge is -2.16. The van der Waals surface area contributed by atoms with E-state index < -0.39 is 0 Å². The average molecular weight is 139 g/mol. The molecule has 2 nitrogen and oxygen atoms in total. The van der Waals surface area contributed by atoms with Gasteiger partial charge in [0.1, 0.15) is 0 Å². The molecule has 56 valence electrons. The summed E-state index contributed by atoms with van der Waals surface area (Å²) in [6.07, 6.45) is 6.81. The van der Waals surface area contributed by atoms with Gasteiger partial charge in [0.25, 0.3) is 0 Å². The summed E-state index contributed by atoms with van der Waals surface area (Å²) in [5, 5.41) is 0. The summed E-state index contributed by atoms with van der Waals surface area (Å²) in [4.78, 5) is 12.9. The molecule has 0 saturated heterocycles. The van der Waals surface area contributed by atoms with Gasteiger partial charge in [-0.1, -0.05) is 12.2 Å². The van der Waals surface area contributed by atoms with Crippen LogP contribution in [0.3, 0.4) is 0 Å². The summed E-state index contributed by atoms with van der Waals surface area (Å²) in [7, 11) is 1.86. The third-order valence-corrected chi connectivity index (χ3v) is 1.75. The van der Waals surface area contributed by atoms with E-state index in [1.54, 1.807) is 4.90 Å². The molecule has 1 amide bonds. The van der Waals surface area contributed by atoms with E-state index in [-0.39, 0.29) is 5.91 Å². The Bertz CT molecular complexity index is 151. The van der Waals surface area contributed by atoms with E-state index in [2.05, 4.69) is 12.2 Å². The second kappa shape index (κ2) is 3.40. The lowest BCUT2D eigenvalue weighted by atomic mass is 10.2. The first-order valence-electron chi connectivity index (χ1n) is 3.69. The van der Waals surface area contributed by atoms with Gasteiger partial charge in [-0.05, 0) is 12.8 Å². The van der Waals surface area contributed by atoms with Crippen molar-refractivity contribution in [1.82, 2.24) is 4.90 Å². The normalized spacial score (nSPS) is 20.5. The number of nitrogens with zero attached hydrogens (tertiary/aromatic N) is 1. The largest absolute Gasteiger partial charge is 0.345 e. The number of hydrogen-bond donors (Lipinski definition) is 0. The van der Waals surface area contributed by atoms with Crippen molar-refractivity contribution in [2.45, 2.75) is 19.3 Å². The summed E-state index contributed by atoms with van der Waals surface area (Å²) < 4.78 is 0. The Kier molecular flexibility index (Phi) is 2.49. The summed E-state index contributed by atoms with van der Waals surface area (Å²) in [5.74, 6) is 0.268. The van der Waals surface area contributed by atoms with E-state index in [0.29, 0.717) is 6.42 Å². The van der Waals surface area contributed by atoms with Gasteiger partial charge < -0.3 is 4.90 Å². The van der Waals surface area contributed by atoms with Crippen molar-refractivity contribution in [3.05, 3.63) is 12.2 Å². The van der Waals surface area contributed by atoms with Gasteiger partial charge in [0.05, 0.1) is 0 Å². The Hall–Kier alpha value is -0.790. The van der Waals surface area contributed by atoms with Crippen molar-refractivity contribution < 1.29 is 4.79 Å². The molecule has 0 N–H and O–H groups in total. The molecule has 1 aliphatic heterocycles.